The van der Waals surface area contributed by atoms with E-state index in [1.807, 2.05) is 0 Å². The molecule has 0 aliphatic rings. The van der Waals surface area contributed by atoms with E-state index in [-0.39, 0.29) is 31.2 Å². The highest BCUT2D eigenvalue weighted by Gasteiger charge is 2.09. The van der Waals surface area contributed by atoms with Crippen molar-refractivity contribution >= 4 is 18.2 Å². The van der Waals surface area contributed by atoms with E-state index in [9.17, 15) is 14.4 Å². The number of nitrogens with one attached hydrogen (secondary N) is 2. The van der Waals surface area contributed by atoms with Gasteiger partial charge in [0.1, 0.15) is 19.8 Å². The summed E-state index contributed by atoms with van der Waals surface area (Å²) in [5.41, 5.74) is 0. The molecule has 9 heteroatoms. The van der Waals surface area contributed by atoms with Gasteiger partial charge in [0.25, 0.3) is 0 Å². The van der Waals surface area contributed by atoms with Crippen LogP contribution in [0.1, 0.15) is 72.6 Å². The summed E-state index contributed by atoms with van der Waals surface area (Å²) in [6, 6.07) is 0. The summed E-state index contributed by atoms with van der Waals surface area (Å²) in [6.45, 7) is 12.3. The molecular weight excluding hydrogens is 414 g/mol. The molecule has 9 nitrogen and oxygen atoms in total. The molecule has 2 amide bonds. The lowest BCUT2D eigenvalue weighted by Gasteiger charge is -2.21. The quantitative estimate of drug-likeness (QED) is 0.172. The third-order valence-corrected chi connectivity index (χ3v) is 4.68. The molecular formula is C23H45N3O6. The van der Waals surface area contributed by atoms with Crippen LogP contribution in [-0.2, 0) is 19.0 Å². The lowest BCUT2D eigenvalue weighted by molar-refractivity contribution is -0.148. The molecule has 2 N–H and O–H groups in total. The van der Waals surface area contributed by atoms with E-state index in [0.29, 0.717) is 19.7 Å². The first kappa shape index (κ1) is 30.0. The molecule has 0 atom stereocenters. The van der Waals surface area contributed by atoms with E-state index < -0.39 is 6.09 Å². The second kappa shape index (κ2) is 20.8. The molecule has 0 aliphatic heterocycles. The maximum Gasteiger partial charge on any atom is 0.407 e. The molecule has 0 heterocycles. The zero-order valence-corrected chi connectivity index (χ0v) is 20.6. The minimum atomic E-state index is -0.512. The molecule has 0 aromatic rings. The molecule has 0 rings (SSSR count). The van der Waals surface area contributed by atoms with Crippen LogP contribution in [-0.4, -0.2) is 75.6 Å². The van der Waals surface area contributed by atoms with Gasteiger partial charge in [0.05, 0.1) is 5.92 Å². The summed E-state index contributed by atoms with van der Waals surface area (Å²) in [5, 5.41) is 5.44. The van der Waals surface area contributed by atoms with Gasteiger partial charge in [-0.25, -0.2) is 9.59 Å². The average Bonchev–Trinajstić information content (AvgIpc) is 2.76. The van der Waals surface area contributed by atoms with Crippen LogP contribution in [0.3, 0.4) is 0 Å². The Morgan fingerprint density at radius 1 is 0.688 bits per heavy atom. The maximum atomic E-state index is 11.7. The number of amides is 2. The Morgan fingerprint density at radius 2 is 1.25 bits per heavy atom. The third-order valence-electron chi connectivity index (χ3n) is 4.68. The van der Waals surface area contributed by atoms with Crippen LogP contribution >= 0.6 is 0 Å². The zero-order valence-electron chi connectivity index (χ0n) is 20.6. The first-order chi connectivity index (χ1) is 15.4. The number of esters is 1. The molecule has 32 heavy (non-hydrogen) atoms. The normalized spacial score (nSPS) is 10.8. The largest absolute Gasteiger partial charge is 0.462 e. The van der Waals surface area contributed by atoms with E-state index in [0.717, 1.165) is 51.7 Å². The highest BCUT2D eigenvalue weighted by molar-refractivity contribution is 5.71. The molecule has 188 valence electrons. The van der Waals surface area contributed by atoms with Crippen LogP contribution in [0.2, 0.25) is 0 Å². The van der Waals surface area contributed by atoms with Gasteiger partial charge >= 0.3 is 18.2 Å². The van der Waals surface area contributed by atoms with E-state index in [2.05, 4.69) is 29.4 Å². The number of alkyl carbamates (subject to hydrolysis) is 2. The van der Waals surface area contributed by atoms with E-state index in [1.54, 1.807) is 13.8 Å². The lowest BCUT2D eigenvalue weighted by atomic mass is 10.2. The van der Waals surface area contributed by atoms with Crippen LogP contribution in [0.15, 0.2) is 0 Å². The summed E-state index contributed by atoms with van der Waals surface area (Å²) in [6.07, 6.45) is 6.13. The fraction of sp³-hybridized carbons (Fsp3) is 0.870. The average molecular weight is 460 g/mol. The van der Waals surface area contributed by atoms with Gasteiger partial charge in [0.2, 0.25) is 0 Å². The molecule has 0 fully saturated rings. The lowest BCUT2D eigenvalue weighted by Crippen LogP contribution is -2.32. The molecule has 0 aliphatic carbocycles. The van der Waals surface area contributed by atoms with Crippen LogP contribution in [0.25, 0.3) is 0 Å². The first-order valence-corrected chi connectivity index (χ1v) is 12.1. The van der Waals surface area contributed by atoms with Gasteiger partial charge in [0, 0.05) is 19.6 Å². The van der Waals surface area contributed by atoms with Gasteiger partial charge in [-0.15, -0.1) is 0 Å². The Labute approximate surface area is 193 Å². The Hall–Kier alpha value is -2.03. The van der Waals surface area contributed by atoms with Gasteiger partial charge < -0.3 is 24.8 Å². The minimum absolute atomic E-state index is 0.0431. The topological polar surface area (TPSA) is 106 Å². The van der Waals surface area contributed by atoms with E-state index >= 15 is 0 Å². The smallest absolute Gasteiger partial charge is 0.407 e. The Morgan fingerprint density at radius 3 is 1.78 bits per heavy atom. The predicted octanol–water partition coefficient (Wildman–Crippen LogP) is 3.71. The number of hydrogen-bond acceptors (Lipinski definition) is 7. The first-order valence-electron chi connectivity index (χ1n) is 12.1. The van der Waals surface area contributed by atoms with Gasteiger partial charge in [-0.1, -0.05) is 47.0 Å². The van der Waals surface area contributed by atoms with E-state index in [1.165, 1.54) is 12.8 Å². The number of ether oxygens (including phenoxy) is 3. The molecule has 0 spiro atoms. The Balaban J connectivity index is 3.52. The SMILES string of the molecule is CCCCN(CCC)CCOC(=O)NCCCCCCNC(=O)OCCOC(=O)C(C)C. The number of rotatable bonds is 19. The van der Waals surface area contributed by atoms with Crippen LogP contribution in [0.5, 0.6) is 0 Å². The number of carbonyl (C=O) groups excluding carboxylic acids is 3. The molecule has 0 radical (unpaired) electrons. The molecule has 0 bridgehead atoms. The number of unbranched alkanes of at least 4 members (excludes halogenated alkanes) is 4. The highest BCUT2D eigenvalue weighted by atomic mass is 16.6. The van der Waals surface area contributed by atoms with Crippen LogP contribution < -0.4 is 10.6 Å². The second-order valence-electron chi connectivity index (χ2n) is 8.06. The van der Waals surface area contributed by atoms with Crippen molar-refractivity contribution in [2.24, 2.45) is 5.92 Å². The Kier molecular flexibility index (Phi) is 19.5. The van der Waals surface area contributed by atoms with Crippen molar-refractivity contribution in [2.45, 2.75) is 72.6 Å². The molecule has 0 aromatic heterocycles. The standard InChI is InChI=1S/C23H45N3O6/c1-5-7-15-26(14-6-2)16-17-31-22(28)24-12-10-8-9-11-13-25-23(29)32-19-18-30-21(27)20(3)4/h20H,5-19H2,1-4H3,(H,24,28)(H,25,29). The minimum Gasteiger partial charge on any atom is -0.462 e. The number of nitrogens with zero attached hydrogens (tertiary/aromatic N) is 1. The van der Waals surface area contributed by atoms with Crippen molar-refractivity contribution in [3.05, 3.63) is 0 Å². The molecule has 0 saturated carbocycles. The molecule has 0 aromatic carbocycles. The Bertz CT molecular complexity index is 502. The summed E-state index contributed by atoms with van der Waals surface area (Å²) in [5.74, 6) is -0.501. The zero-order chi connectivity index (χ0) is 24.0. The van der Waals surface area contributed by atoms with Crippen molar-refractivity contribution in [1.29, 1.82) is 0 Å². The summed E-state index contributed by atoms with van der Waals surface area (Å²) >= 11 is 0. The number of carbonyl (C=O) groups is 3. The van der Waals surface area contributed by atoms with Crippen LogP contribution in [0, 0.1) is 5.92 Å². The monoisotopic (exact) mass is 459 g/mol. The van der Waals surface area contributed by atoms with Gasteiger partial charge in [-0.2, -0.15) is 0 Å². The predicted molar refractivity (Wildman–Crippen MR) is 125 cm³/mol. The second-order valence-corrected chi connectivity index (χ2v) is 8.06. The molecule has 0 unspecified atom stereocenters. The van der Waals surface area contributed by atoms with Crippen molar-refractivity contribution in [2.75, 3.05) is 52.5 Å². The number of hydrogen-bond donors (Lipinski definition) is 2. The van der Waals surface area contributed by atoms with Gasteiger partial charge in [0.15, 0.2) is 0 Å². The summed E-state index contributed by atoms with van der Waals surface area (Å²) in [4.78, 5) is 36.8. The third kappa shape index (κ3) is 18.7. The van der Waals surface area contributed by atoms with Gasteiger partial charge in [-0.05, 0) is 38.8 Å². The van der Waals surface area contributed by atoms with Crippen molar-refractivity contribution in [3.8, 4) is 0 Å². The van der Waals surface area contributed by atoms with Crippen molar-refractivity contribution < 1.29 is 28.6 Å². The molecule has 0 saturated heterocycles. The van der Waals surface area contributed by atoms with E-state index in [4.69, 9.17) is 14.2 Å². The fourth-order valence-electron chi connectivity index (χ4n) is 2.83. The summed E-state index contributed by atoms with van der Waals surface area (Å²) < 4.78 is 15.1. The van der Waals surface area contributed by atoms with Crippen LogP contribution in [0.4, 0.5) is 9.59 Å². The summed E-state index contributed by atoms with van der Waals surface area (Å²) in [7, 11) is 0. The maximum absolute atomic E-state index is 11.7. The van der Waals surface area contributed by atoms with Gasteiger partial charge in [-0.3, -0.25) is 9.69 Å². The fourth-order valence-corrected chi connectivity index (χ4v) is 2.83. The highest BCUT2D eigenvalue weighted by Crippen LogP contribution is 2.00. The van der Waals surface area contributed by atoms with Crippen molar-refractivity contribution in [1.82, 2.24) is 15.5 Å². The van der Waals surface area contributed by atoms with Crippen molar-refractivity contribution in [3.63, 3.8) is 0 Å².